The lowest BCUT2D eigenvalue weighted by Gasteiger charge is -2.23. The molecule has 0 aliphatic heterocycles. The maximum Gasteiger partial charge on any atom is 0.337 e. The van der Waals surface area contributed by atoms with Crippen LogP contribution in [0.15, 0.2) is 0 Å². The lowest BCUT2D eigenvalue weighted by Crippen LogP contribution is -2.56. The smallest absolute Gasteiger partial charge is 0.337 e. The van der Waals surface area contributed by atoms with Crippen molar-refractivity contribution in [3.63, 3.8) is 0 Å². The molecule has 0 fully saturated rings. The Labute approximate surface area is 89.9 Å². The highest BCUT2D eigenvalue weighted by molar-refractivity contribution is 6.04. The zero-order chi connectivity index (χ0) is 11.9. The first kappa shape index (κ1) is 13.9. The lowest BCUT2D eigenvalue weighted by atomic mass is 9.95. The molecule has 0 aromatic rings. The van der Waals surface area contributed by atoms with E-state index in [9.17, 15) is 9.59 Å². The van der Waals surface area contributed by atoms with Gasteiger partial charge in [-0.3, -0.25) is 0 Å². The summed E-state index contributed by atoms with van der Waals surface area (Å²) in [4.78, 5) is 23.0. The molecule has 2 N–H and O–H groups in total. The molecule has 0 amide bonds. The molecule has 0 aliphatic carbocycles. The quantitative estimate of drug-likeness (QED) is 0.521. The van der Waals surface area contributed by atoms with Crippen LogP contribution in [0.3, 0.4) is 0 Å². The molecule has 0 saturated heterocycles. The Morgan fingerprint density at radius 3 is 1.73 bits per heavy atom. The van der Waals surface area contributed by atoms with E-state index in [0.29, 0.717) is 6.42 Å². The van der Waals surface area contributed by atoms with Gasteiger partial charge >= 0.3 is 11.9 Å². The molecule has 0 aromatic carbocycles. The van der Waals surface area contributed by atoms with Gasteiger partial charge in [-0.1, -0.05) is 13.3 Å². The van der Waals surface area contributed by atoms with E-state index >= 15 is 0 Å². The molecule has 0 bridgehead atoms. The van der Waals surface area contributed by atoms with Crippen molar-refractivity contribution in [3.8, 4) is 0 Å². The first-order valence-electron chi connectivity index (χ1n) is 5.16. The van der Waals surface area contributed by atoms with Crippen molar-refractivity contribution in [1.82, 2.24) is 0 Å². The number of rotatable bonds is 6. The van der Waals surface area contributed by atoms with Gasteiger partial charge < -0.3 is 15.2 Å². The van der Waals surface area contributed by atoms with Crippen LogP contribution in [-0.2, 0) is 19.1 Å². The molecule has 0 spiro atoms. The molecule has 0 heterocycles. The van der Waals surface area contributed by atoms with Crippen LogP contribution in [0.1, 0.15) is 33.6 Å². The van der Waals surface area contributed by atoms with Gasteiger partial charge in [-0.15, -0.1) is 0 Å². The van der Waals surface area contributed by atoms with Crippen LogP contribution in [0.5, 0.6) is 0 Å². The molecule has 0 rings (SSSR count). The SMILES string of the molecule is CCCC(N)(C(=O)OCC)C(=O)OCC. The number of nitrogens with two attached hydrogens (primary N) is 1. The maximum atomic E-state index is 11.5. The van der Waals surface area contributed by atoms with Crippen LogP contribution >= 0.6 is 0 Å². The van der Waals surface area contributed by atoms with Crippen LogP contribution in [0.2, 0.25) is 0 Å². The molecule has 5 nitrogen and oxygen atoms in total. The van der Waals surface area contributed by atoms with Gasteiger partial charge in [0.25, 0.3) is 0 Å². The molecule has 5 heteroatoms. The largest absolute Gasteiger partial charge is 0.464 e. The summed E-state index contributed by atoms with van der Waals surface area (Å²) in [7, 11) is 0. The van der Waals surface area contributed by atoms with Gasteiger partial charge in [0.05, 0.1) is 13.2 Å². The predicted octanol–water partition coefficient (Wildman–Crippen LogP) is 0.610. The third kappa shape index (κ3) is 3.51. The fraction of sp³-hybridized carbons (Fsp3) is 0.800. The second kappa shape index (κ2) is 6.40. The van der Waals surface area contributed by atoms with Gasteiger partial charge in [-0.05, 0) is 20.3 Å². The Balaban J connectivity index is 4.70. The Morgan fingerprint density at radius 1 is 1.07 bits per heavy atom. The van der Waals surface area contributed by atoms with Crippen molar-refractivity contribution >= 4 is 11.9 Å². The average Bonchev–Trinajstić information content (AvgIpc) is 2.18. The average molecular weight is 217 g/mol. The minimum absolute atomic E-state index is 0.195. The number of hydrogen-bond donors (Lipinski definition) is 1. The molecule has 88 valence electrons. The summed E-state index contributed by atoms with van der Waals surface area (Å²) in [5.74, 6) is -1.43. The highest BCUT2D eigenvalue weighted by Crippen LogP contribution is 2.14. The van der Waals surface area contributed by atoms with Crippen LogP contribution < -0.4 is 5.73 Å². The minimum Gasteiger partial charge on any atom is -0.464 e. The van der Waals surface area contributed by atoms with E-state index in [1.54, 1.807) is 13.8 Å². The van der Waals surface area contributed by atoms with Gasteiger partial charge in [-0.25, -0.2) is 9.59 Å². The van der Waals surface area contributed by atoms with E-state index in [1.807, 2.05) is 6.92 Å². The second-order valence-electron chi connectivity index (χ2n) is 3.16. The summed E-state index contributed by atoms with van der Waals surface area (Å²) in [5, 5.41) is 0. The van der Waals surface area contributed by atoms with E-state index in [-0.39, 0.29) is 19.6 Å². The van der Waals surface area contributed by atoms with Gasteiger partial charge in [-0.2, -0.15) is 0 Å². The van der Waals surface area contributed by atoms with Crippen molar-refractivity contribution in [2.75, 3.05) is 13.2 Å². The number of hydrogen-bond acceptors (Lipinski definition) is 5. The second-order valence-corrected chi connectivity index (χ2v) is 3.16. The predicted molar refractivity (Wildman–Crippen MR) is 55.1 cm³/mol. The molecule has 0 aromatic heterocycles. The van der Waals surface area contributed by atoms with Crippen LogP contribution in [-0.4, -0.2) is 30.7 Å². The molecular weight excluding hydrogens is 198 g/mol. The summed E-state index contributed by atoms with van der Waals surface area (Å²) >= 11 is 0. The molecular formula is C10H19NO4. The summed E-state index contributed by atoms with van der Waals surface area (Å²) < 4.78 is 9.52. The molecule has 0 atom stereocenters. The molecule has 0 aliphatic rings. The van der Waals surface area contributed by atoms with Crippen molar-refractivity contribution in [2.24, 2.45) is 5.73 Å². The van der Waals surface area contributed by atoms with Gasteiger partial charge in [0.2, 0.25) is 5.54 Å². The Bertz CT molecular complexity index is 209. The first-order valence-corrected chi connectivity index (χ1v) is 5.16. The molecule has 0 unspecified atom stereocenters. The lowest BCUT2D eigenvalue weighted by molar-refractivity contribution is -0.164. The van der Waals surface area contributed by atoms with E-state index in [1.165, 1.54) is 0 Å². The van der Waals surface area contributed by atoms with Crippen LogP contribution in [0.25, 0.3) is 0 Å². The third-order valence-electron chi connectivity index (χ3n) is 1.92. The van der Waals surface area contributed by atoms with E-state index in [2.05, 4.69) is 0 Å². The van der Waals surface area contributed by atoms with E-state index in [0.717, 1.165) is 0 Å². The summed E-state index contributed by atoms with van der Waals surface area (Å²) in [6.07, 6.45) is 0.832. The van der Waals surface area contributed by atoms with Crippen LogP contribution in [0.4, 0.5) is 0 Å². The molecule has 15 heavy (non-hydrogen) atoms. The Morgan fingerprint density at radius 2 is 1.47 bits per heavy atom. The van der Waals surface area contributed by atoms with Gasteiger partial charge in [0.15, 0.2) is 0 Å². The maximum absolute atomic E-state index is 11.5. The highest BCUT2D eigenvalue weighted by atomic mass is 16.6. The summed E-state index contributed by atoms with van der Waals surface area (Å²) in [6, 6.07) is 0. The molecule has 0 saturated carbocycles. The number of carbonyl (C=O) groups is 2. The monoisotopic (exact) mass is 217 g/mol. The zero-order valence-corrected chi connectivity index (χ0v) is 9.54. The molecule has 0 radical (unpaired) electrons. The van der Waals surface area contributed by atoms with E-state index in [4.69, 9.17) is 15.2 Å². The van der Waals surface area contributed by atoms with Crippen molar-refractivity contribution < 1.29 is 19.1 Å². The van der Waals surface area contributed by atoms with Crippen molar-refractivity contribution in [1.29, 1.82) is 0 Å². The Hall–Kier alpha value is -1.10. The van der Waals surface area contributed by atoms with Crippen molar-refractivity contribution in [3.05, 3.63) is 0 Å². The zero-order valence-electron chi connectivity index (χ0n) is 9.54. The van der Waals surface area contributed by atoms with E-state index < -0.39 is 17.5 Å². The van der Waals surface area contributed by atoms with Crippen LogP contribution in [0, 0.1) is 0 Å². The standard InChI is InChI=1S/C10H19NO4/c1-4-7-10(11,8(12)14-5-2)9(13)15-6-3/h4-7,11H2,1-3H3. The fourth-order valence-electron chi connectivity index (χ4n) is 1.20. The van der Waals surface area contributed by atoms with Gasteiger partial charge in [0.1, 0.15) is 0 Å². The summed E-state index contributed by atoms with van der Waals surface area (Å²) in [6.45, 7) is 5.55. The normalized spacial score (nSPS) is 10.9. The topological polar surface area (TPSA) is 78.6 Å². The van der Waals surface area contributed by atoms with Gasteiger partial charge in [0, 0.05) is 0 Å². The summed E-state index contributed by atoms with van der Waals surface area (Å²) in [5.41, 5.74) is 4.07. The van der Waals surface area contributed by atoms with Crippen molar-refractivity contribution in [2.45, 2.75) is 39.2 Å². The first-order chi connectivity index (χ1) is 7.02. The minimum atomic E-state index is -1.65. The fourth-order valence-corrected chi connectivity index (χ4v) is 1.20. The number of ether oxygens (including phenoxy) is 2. The highest BCUT2D eigenvalue weighted by Gasteiger charge is 2.44. The Kier molecular flexibility index (Phi) is 5.93. The third-order valence-corrected chi connectivity index (χ3v) is 1.92. The number of carbonyl (C=O) groups excluding carboxylic acids is 2. The number of esters is 2.